The van der Waals surface area contributed by atoms with Gasteiger partial charge in [-0.2, -0.15) is 0 Å². The maximum atomic E-state index is 11.7. The first-order valence-electron chi connectivity index (χ1n) is 3.84. The predicted molar refractivity (Wildman–Crippen MR) is 54.8 cm³/mol. The van der Waals surface area contributed by atoms with Crippen LogP contribution in [0, 0.1) is 0 Å². The summed E-state index contributed by atoms with van der Waals surface area (Å²) in [7, 11) is 0. The molecule has 0 aliphatic heterocycles. The monoisotopic (exact) mass is 224 g/mol. The van der Waals surface area contributed by atoms with Crippen LogP contribution in [-0.4, -0.2) is 15.8 Å². The molecule has 2 heterocycles. The smallest absolute Gasteiger partial charge is 0.241 e. The lowest BCUT2D eigenvalue weighted by molar-refractivity contribution is 0.103. The normalized spacial score (nSPS) is 10.1. The molecule has 0 unspecified atom stereocenters. The maximum Gasteiger partial charge on any atom is 0.241 e. The molecular weight excluding hydrogens is 220 g/mol. The molecule has 0 radical (unpaired) electrons. The van der Waals surface area contributed by atoms with E-state index in [1.807, 2.05) is 0 Å². The minimum Gasteiger partial charge on any atom is -0.284 e. The van der Waals surface area contributed by atoms with Crippen LogP contribution in [0.3, 0.4) is 0 Å². The second kappa shape index (κ2) is 3.86. The van der Waals surface area contributed by atoms with Crippen LogP contribution in [-0.2, 0) is 0 Å². The summed E-state index contributed by atoms with van der Waals surface area (Å²) < 4.78 is 0. The van der Waals surface area contributed by atoms with Crippen LogP contribution >= 0.6 is 22.9 Å². The van der Waals surface area contributed by atoms with Crippen LogP contribution in [0.15, 0.2) is 29.9 Å². The Hall–Kier alpha value is -1.26. The maximum absolute atomic E-state index is 11.7. The molecule has 0 bridgehead atoms. The highest BCUT2D eigenvalue weighted by atomic mass is 35.5. The third kappa shape index (κ3) is 1.66. The van der Waals surface area contributed by atoms with E-state index in [9.17, 15) is 4.79 Å². The first-order chi connectivity index (χ1) is 6.79. The van der Waals surface area contributed by atoms with Crippen LogP contribution in [0.5, 0.6) is 0 Å². The Kier molecular flexibility index (Phi) is 2.56. The van der Waals surface area contributed by atoms with Gasteiger partial charge in [0.15, 0.2) is 0 Å². The fraction of sp³-hybridized carbons (Fsp3) is 0. The lowest BCUT2D eigenvalue weighted by Crippen LogP contribution is -2.04. The lowest BCUT2D eigenvalue weighted by Gasteiger charge is -1.95. The number of carbonyl (C=O) groups excluding carboxylic acids is 1. The van der Waals surface area contributed by atoms with Crippen LogP contribution in [0.4, 0.5) is 0 Å². The number of nitrogens with zero attached hydrogens (tertiary/aromatic N) is 2. The zero-order chi connectivity index (χ0) is 9.97. The highest BCUT2D eigenvalue weighted by Gasteiger charge is 2.15. The van der Waals surface area contributed by atoms with E-state index in [2.05, 4.69) is 9.97 Å². The van der Waals surface area contributed by atoms with Crippen molar-refractivity contribution in [3.05, 3.63) is 45.6 Å². The Morgan fingerprint density at radius 2 is 2.07 bits per heavy atom. The second-order valence-electron chi connectivity index (χ2n) is 2.50. The Morgan fingerprint density at radius 1 is 1.36 bits per heavy atom. The van der Waals surface area contributed by atoms with Crippen molar-refractivity contribution in [1.29, 1.82) is 0 Å². The number of rotatable bonds is 2. The number of aromatic nitrogens is 2. The van der Waals surface area contributed by atoms with E-state index in [-0.39, 0.29) is 11.6 Å². The molecule has 14 heavy (non-hydrogen) atoms. The van der Waals surface area contributed by atoms with Gasteiger partial charge in [0.1, 0.15) is 0 Å². The van der Waals surface area contributed by atoms with Crippen molar-refractivity contribution >= 4 is 28.7 Å². The summed E-state index contributed by atoms with van der Waals surface area (Å²) in [5.74, 6) is -0.0533. The van der Waals surface area contributed by atoms with Crippen molar-refractivity contribution in [3.8, 4) is 0 Å². The summed E-state index contributed by atoms with van der Waals surface area (Å²) in [4.78, 5) is 19.9. The molecule has 3 nitrogen and oxygen atoms in total. The molecule has 5 heteroatoms. The number of halogens is 1. The average Bonchev–Trinajstić information content (AvgIpc) is 2.65. The highest BCUT2D eigenvalue weighted by Crippen LogP contribution is 2.23. The van der Waals surface area contributed by atoms with Crippen molar-refractivity contribution in [2.75, 3.05) is 0 Å². The summed E-state index contributed by atoms with van der Waals surface area (Å²) in [6, 6.07) is 3.34. The summed E-state index contributed by atoms with van der Waals surface area (Å²) in [5.41, 5.74) is 0. The van der Waals surface area contributed by atoms with E-state index < -0.39 is 0 Å². The van der Waals surface area contributed by atoms with Gasteiger partial charge < -0.3 is 0 Å². The summed E-state index contributed by atoms with van der Waals surface area (Å²) in [6.45, 7) is 0. The van der Waals surface area contributed by atoms with Crippen molar-refractivity contribution in [2.45, 2.75) is 0 Å². The minimum atomic E-state index is -0.231. The number of hydrogen-bond donors (Lipinski definition) is 0. The topological polar surface area (TPSA) is 42.9 Å². The van der Waals surface area contributed by atoms with Crippen molar-refractivity contribution in [2.24, 2.45) is 0 Å². The predicted octanol–water partition coefficient (Wildman–Crippen LogP) is 2.42. The number of ketones is 1. The summed E-state index contributed by atoms with van der Waals surface area (Å²) in [5, 5.41) is 2.21. The Morgan fingerprint density at radius 3 is 2.64 bits per heavy atom. The Bertz CT molecular complexity index is 455. The molecule has 0 N–H and O–H groups in total. The summed E-state index contributed by atoms with van der Waals surface area (Å²) in [6.07, 6.45) is 3.06. The highest BCUT2D eigenvalue weighted by molar-refractivity contribution is 7.13. The molecule has 70 valence electrons. The van der Waals surface area contributed by atoms with Gasteiger partial charge in [-0.15, -0.1) is 11.3 Å². The molecule has 2 aromatic rings. The minimum absolute atomic E-state index is 0.178. The molecule has 0 aliphatic rings. The van der Waals surface area contributed by atoms with Crippen molar-refractivity contribution in [1.82, 2.24) is 9.97 Å². The Balaban J connectivity index is 2.39. The third-order valence-electron chi connectivity index (χ3n) is 1.59. The third-order valence-corrected chi connectivity index (χ3v) is 2.93. The van der Waals surface area contributed by atoms with E-state index >= 15 is 0 Å². The molecule has 0 spiro atoms. The zero-order valence-electron chi connectivity index (χ0n) is 6.98. The van der Waals surface area contributed by atoms with E-state index in [4.69, 9.17) is 11.6 Å². The van der Waals surface area contributed by atoms with Crippen LogP contribution in [0.2, 0.25) is 5.02 Å². The molecular formula is C9H5ClN2OS. The molecule has 0 fully saturated rings. The van der Waals surface area contributed by atoms with Crippen LogP contribution in [0.1, 0.15) is 15.5 Å². The van der Waals surface area contributed by atoms with Gasteiger partial charge in [0, 0.05) is 12.4 Å². The Labute approximate surface area is 89.4 Å². The molecule has 0 aliphatic carbocycles. The van der Waals surface area contributed by atoms with Crippen LogP contribution in [0.25, 0.3) is 0 Å². The fourth-order valence-electron chi connectivity index (χ4n) is 0.974. The second-order valence-corrected chi connectivity index (χ2v) is 3.82. The number of hydrogen-bond acceptors (Lipinski definition) is 4. The fourth-order valence-corrected chi connectivity index (χ4v) is 2.05. The molecule has 2 rings (SSSR count). The SMILES string of the molecule is O=C(c1ncccn1)c1sccc1Cl. The van der Waals surface area contributed by atoms with E-state index in [0.717, 1.165) is 0 Å². The summed E-state index contributed by atoms with van der Waals surface area (Å²) >= 11 is 7.11. The number of carbonyl (C=O) groups is 1. The molecule has 2 aromatic heterocycles. The average molecular weight is 225 g/mol. The van der Waals surface area contributed by atoms with E-state index in [1.165, 1.54) is 23.7 Å². The lowest BCUT2D eigenvalue weighted by atomic mass is 10.3. The first kappa shape index (κ1) is 9.30. The largest absolute Gasteiger partial charge is 0.284 e. The molecule has 0 saturated heterocycles. The van der Waals surface area contributed by atoms with E-state index in [1.54, 1.807) is 17.5 Å². The van der Waals surface area contributed by atoms with Crippen molar-refractivity contribution < 1.29 is 4.79 Å². The van der Waals surface area contributed by atoms with Gasteiger partial charge in [-0.25, -0.2) is 9.97 Å². The van der Waals surface area contributed by atoms with Gasteiger partial charge in [0.25, 0.3) is 0 Å². The first-order valence-corrected chi connectivity index (χ1v) is 5.09. The molecule has 0 amide bonds. The van der Waals surface area contributed by atoms with Gasteiger partial charge in [-0.1, -0.05) is 11.6 Å². The molecule has 0 atom stereocenters. The standard InChI is InChI=1S/C9H5ClN2OS/c10-6-2-5-14-8(6)7(13)9-11-3-1-4-12-9/h1-5H. The zero-order valence-corrected chi connectivity index (χ0v) is 8.55. The van der Waals surface area contributed by atoms with Crippen molar-refractivity contribution in [3.63, 3.8) is 0 Å². The van der Waals surface area contributed by atoms with Gasteiger partial charge in [0.05, 0.1) is 9.90 Å². The quantitative estimate of drug-likeness (QED) is 0.736. The van der Waals surface area contributed by atoms with Gasteiger partial charge in [0.2, 0.25) is 11.6 Å². The molecule has 0 aromatic carbocycles. The van der Waals surface area contributed by atoms with Crippen LogP contribution < -0.4 is 0 Å². The van der Waals surface area contributed by atoms with Gasteiger partial charge in [-0.05, 0) is 17.5 Å². The van der Waals surface area contributed by atoms with Gasteiger partial charge >= 0.3 is 0 Å². The number of thiophene rings is 1. The molecule has 0 saturated carbocycles. The van der Waals surface area contributed by atoms with E-state index in [0.29, 0.717) is 9.90 Å². The van der Waals surface area contributed by atoms with Gasteiger partial charge in [-0.3, -0.25) is 4.79 Å².